The normalized spacial score (nSPS) is 16.4. The summed E-state index contributed by atoms with van der Waals surface area (Å²) in [5.41, 5.74) is 0.716. The second kappa shape index (κ2) is 5.79. The maximum absolute atomic E-state index is 12.3. The lowest BCUT2D eigenvalue weighted by Crippen LogP contribution is -2.35. The van der Waals surface area contributed by atoms with Gasteiger partial charge in [0.2, 0.25) is 0 Å². The molecule has 0 bridgehead atoms. The van der Waals surface area contributed by atoms with Gasteiger partial charge in [-0.25, -0.2) is 0 Å². The van der Waals surface area contributed by atoms with Gasteiger partial charge in [-0.1, -0.05) is 29.8 Å². The number of carbonyl (C=O) groups excluding carboxylic acids is 1. The monoisotopic (exact) mass is 293 g/mol. The van der Waals surface area contributed by atoms with E-state index in [-0.39, 0.29) is 5.91 Å². The first kappa shape index (κ1) is 12.7. The van der Waals surface area contributed by atoms with Gasteiger partial charge in [-0.05, 0) is 35.8 Å². The van der Waals surface area contributed by atoms with E-state index >= 15 is 0 Å². The Labute approximate surface area is 120 Å². The minimum absolute atomic E-state index is 0.0229. The third-order valence-electron chi connectivity index (χ3n) is 3.39. The highest BCUT2D eigenvalue weighted by atomic mass is 32.1. The molecule has 0 unspecified atom stereocenters. The Morgan fingerprint density at radius 1 is 1.32 bits per heavy atom. The SMILES string of the molecule is O=C(NC1CCCCC1)c1snnc1-c1cccs1. The van der Waals surface area contributed by atoms with E-state index < -0.39 is 0 Å². The van der Waals surface area contributed by atoms with Crippen LogP contribution in [0.3, 0.4) is 0 Å². The van der Waals surface area contributed by atoms with Gasteiger partial charge in [0.25, 0.3) is 5.91 Å². The Balaban J connectivity index is 1.75. The molecule has 1 aliphatic carbocycles. The van der Waals surface area contributed by atoms with Crippen LogP contribution in [0.1, 0.15) is 41.8 Å². The van der Waals surface area contributed by atoms with Crippen molar-refractivity contribution in [1.82, 2.24) is 14.9 Å². The van der Waals surface area contributed by atoms with Gasteiger partial charge in [-0.2, -0.15) is 0 Å². The predicted molar refractivity (Wildman–Crippen MR) is 77.6 cm³/mol. The summed E-state index contributed by atoms with van der Waals surface area (Å²) in [6, 6.07) is 4.25. The van der Waals surface area contributed by atoms with Crippen molar-refractivity contribution in [2.75, 3.05) is 0 Å². The molecule has 0 aliphatic heterocycles. The second-order valence-corrected chi connectivity index (χ2v) is 6.44. The van der Waals surface area contributed by atoms with Crippen molar-refractivity contribution in [3.63, 3.8) is 0 Å². The Bertz CT molecular complexity index is 544. The minimum atomic E-state index is -0.0229. The highest BCUT2D eigenvalue weighted by Gasteiger charge is 2.22. The van der Waals surface area contributed by atoms with E-state index in [1.165, 1.54) is 30.8 Å². The molecular formula is C13H15N3OS2. The average molecular weight is 293 g/mol. The molecule has 0 spiro atoms. The van der Waals surface area contributed by atoms with Crippen LogP contribution in [0.15, 0.2) is 17.5 Å². The topological polar surface area (TPSA) is 54.9 Å². The molecule has 0 radical (unpaired) electrons. The highest BCUT2D eigenvalue weighted by Crippen LogP contribution is 2.28. The third kappa shape index (κ3) is 2.84. The molecule has 0 atom stereocenters. The van der Waals surface area contributed by atoms with Crippen molar-refractivity contribution < 1.29 is 4.79 Å². The van der Waals surface area contributed by atoms with Crippen LogP contribution < -0.4 is 5.32 Å². The summed E-state index contributed by atoms with van der Waals surface area (Å²) in [5.74, 6) is -0.0229. The molecule has 1 N–H and O–H groups in total. The summed E-state index contributed by atoms with van der Waals surface area (Å²) in [4.78, 5) is 13.9. The van der Waals surface area contributed by atoms with Gasteiger partial charge in [0.1, 0.15) is 10.6 Å². The van der Waals surface area contributed by atoms with Crippen LogP contribution in [0.4, 0.5) is 0 Å². The van der Waals surface area contributed by atoms with Crippen LogP contribution in [0.2, 0.25) is 0 Å². The summed E-state index contributed by atoms with van der Waals surface area (Å²) in [7, 11) is 0. The van der Waals surface area contributed by atoms with E-state index in [1.807, 2.05) is 17.5 Å². The van der Waals surface area contributed by atoms with Crippen molar-refractivity contribution in [3.8, 4) is 10.6 Å². The molecule has 1 aliphatic rings. The molecule has 2 aromatic heterocycles. The van der Waals surface area contributed by atoms with Crippen LogP contribution in [0.25, 0.3) is 10.6 Å². The molecule has 1 fully saturated rings. The standard InChI is InChI=1S/C13H15N3OS2/c17-13(14-9-5-2-1-3-6-9)12-11(15-16-19-12)10-7-4-8-18-10/h4,7-9H,1-3,5-6H2,(H,14,17). The molecule has 1 amide bonds. The Kier molecular flexibility index (Phi) is 3.89. The van der Waals surface area contributed by atoms with Crippen LogP contribution >= 0.6 is 22.9 Å². The number of nitrogens with zero attached hydrogens (tertiary/aromatic N) is 2. The Morgan fingerprint density at radius 2 is 2.16 bits per heavy atom. The fraction of sp³-hybridized carbons (Fsp3) is 0.462. The first-order chi connectivity index (χ1) is 9.34. The highest BCUT2D eigenvalue weighted by molar-refractivity contribution is 7.14. The lowest BCUT2D eigenvalue weighted by molar-refractivity contribution is 0.0932. The summed E-state index contributed by atoms with van der Waals surface area (Å²) >= 11 is 2.76. The first-order valence-corrected chi connectivity index (χ1v) is 8.17. The smallest absolute Gasteiger partial charge is 0.265 e. The number of carbonyl (C=O) groups is 1. The van der Waals surface area contributed by atoms with E-state index in [4.69, 9.17) is 0 Å². The molecular weight excluding hydrogens is 278 g/mol. The van der Waals surface area contributed by atoms with E-state index in [0.29, 0.717) is 16.6 Å². The van der Waals surface area contributed by atoms with Crippen LogP contribution in [-0.2, 0) is 0 Å². The number of hydrogen-bond donors (Lipinski definition) is 1. The predicted octanol–water partition coefficient (Wildman–Crippen LogP) is 3.33. The molecule has 6 heteroatoms. The molecule has 2 heterocycles. The van der Waals surface area contributed by atoms with E-state index in [2.05, 4.69) is 14.9 Å². The van der Waals surface area contributed by atoms with Gasteiger partial charge in [0, 0.05) is 6.04 Å². The number of thiophene rings is 1. The maximum atomic E-state index is 12.3. The Hall–Kier alpha value is -1.27. The van der Waals surface area contributed by atoms with Gasteiger partial charge in [-0.3, -0.25) is 4.79 Å². The van der Waals surface area contributed by atoms with Gasteiger partial charge in [-0.15, -0.1) is 16.4 Å². The average Bonchev–Trinajstić information content (AvgIpc) is 3.10. The van der Waals surface area contributed by atoms with E-state index in [0.717, 1.165) is 17.7 Å². The molecule has 0 saturated heterocycles. The van der Waals surface area contributed by atoms with Crippen LogP contribution in [0, 0.1) is 0 Å². The fourth-order valence-corrected chi connectivity index (χ4v) is 3.78. The lowest BCUT2D eigenvalue weighted by atomic mass is 9.95. The maximum Gasteiger partial charge on any atom is 0.265 e. The number of nitrogens with one attached hydrogen (secondary N) is 1. The van der Waals surface area contributed by atoms with Gasteiger partial charge < -0.3 is 5.32 Å². The fourth-order valence-electron chi connectivity index (χ4n) is 2.41. The number of rotatable bonds is 3. The third-order valence-corrected chi connectivity index (χ3v) is 4.99. The largest absolute Gasteiger partial charge is 0.348 e. The summed E-state index contributed by atoms with van der Waals surface area (Å²) in [5, 5.41) is 9.19. The number of hydrogen-bond acceptors (Lipinski definition) is 5. The second-order valence-electron chi connectivity index (χ2n) is 4.74. The molecule has 4 nitrogen and oxygen atoms in total. The van der Waals surface area contributed by atoms with Gasteiger partial charge >= 0.3 is 0 Å². The zero-order chi connectivity index (χ0) is 13.1. The molecule has 0 aromatic carbocycles. The number of amides is 1. The van der Waals surface area contributed by atoms with Crippen LogP contribution in [0.5, 0.6) is 0 Å². The van der Waals surface area contributed by atoms with E-state index in [9.17, 15) is 4.79 Å². The molecule has 1 saturated carbocycles. The molecule has 19 heavy (non-hydrogen) atoms. The van der Waals surface area contributed by atoms with Crippen molar-refractivity contribution in [3.05, 3.63) is 22.4 Å². The van der Waals surface area contributed by atoms with Crippen molar-refractivity contribution >= 4 is 28.8 Å². The van der Waals surface area contributed by atoms with Crippen molar-refractivity contribution in [1.29, 1.82) is 0 Å². The van der Waals surface area contributed by atoms with Gasteiger partial charge in [0.05, 0.1) is 4.88 Å². The molecule has 3 rings (SSSR count). The van der Waals surface area contributed by atoms with Crippen molar-refractivity contribution in [2.45, 2.75) is 38.1 Å². The van der Waals surface area contributed by atoms with Gasteiger partial charge in [0.15, 0.2) is 0 Å². The summed E-state index contributed by atoms with van der Waals surface area (Å²) in [6.07, 6.45) is 5.89. The quantitative estimate of drug-likeness (QED) is 0.944. The lowest BCUT2D eigenvalue weighted by Gasteiger charge is -2.22. The first-order valence-electron chi connectivity index (χ1n) is 6.51. The van der Waals surface area contributed by atoms with E-state index in [1.54, 1.807) is 11.3 Å². The van der Waals surface area contributed by atoms with Crippen LogP contribution in [-0.4, -0.2) is 21.5 Å². The summed E-state index contributed by atoms with van der Waals surface area (Å²) < 4.78 is 3.93. The zero-order valence-electron chi connectivity index (χ0n) is 10.5. The molecule has 100 valence electrons. The summed E-state index contributed by atoms with van der Waals surface area (Å²) in [6.45, 7) is 0. The van der Waals surface area contributed by atoms with Crippen molar-refractivity contribution in [2.24, 2.45) is 0 Å². The Morgan fingerprint density at radius 3 is 2.89 bits per heavy atom. The molecule has 2 aromatic rings. The number of aromatic nitrogens is 2. The minimum Gasteiger partial charge on any atom is -0.348 e. The zero-order valence-corrected chi connectivity index (χ0v) is 12.1.